The van der Waals surface area contributed by atoms with Gasteiger partial charge in [-0.25, -0.2) is 4.98 Å². The van der Waals surface area contributed by atoms with Gasteiger partial charge in [0, 0.05) is 34.5 Å². The minimum absolute atomic E-state index is 0.155. The summed E-state index contributed by atoms with van der Waals surface area (Å²) in [6, 6.07) is 8.84. The molecule has 0 spiro atoms. The van der Waals surface area contributed by atoms with Crippen molar-refractivity contribution >= 4 is 33.9 Å². The molecular formula is C25H24F3N3O2S. The third-order valence-corrected chi connectivity index (χ3v) is 6.70. The van der Waals surface area contributed by atoms with Crippen molar-refractivity contribution in [2.75, 3.05) is 5.32 Å². The van der Waals surface area contributed by atoms with E-state index in [0.29, 0.717) is 34.7 Å². The number of rotatable bonds is 6. The molecule has 0 fully saturated rings. The number of nitrogens with zero attached hydrogens (tertiary/aromatic N) is 2. The molecule has 0 saturated heterocycles. The van der Waals surface area contributed by atoms with Gasteiger partial charge in [0.25, 0.3) is 0 Å². The van der Waals surface area contributed by atoms with Crippen molar-refractivity contribution in [2.24, 2.45) is 0 Å². The molecular weight excluding hydrogens is 463 g/mol. The number of halogens is 3. The Morgan fingerprint density at radius 3 is 2.47 bits per heavy atom. The van der Waals surface area contributed by atoms with E-state index >= 15 is 0 Å². The maximum absolute atomic E-state index is 12.9. The molecule has 9 heteroatoms. The minimum atomic E-state index is -4.36. The van der Waals surface area contributed by atoms with Gasteiger partial charge in [0.1, 0.15) is 5.01 Å². The van der Waals surface area contributed by atoms with Crippen LogP contribution in [0.4, 0.5) is 18.9 Å². The zero-order valence-corrected chi connectivity index (χ0v) is 20.0. The topological polar surface area (TPSA) is 68.0 Å². The van der Waals surface area contributed by atoms with Crippen LogP contribution in [0.3, 0.4) is 0 Å². The number of thiazole rings is 1. The molecule has 2 aromatic heterocycles. The second-order valence-corrected chi connectivity index (χ2v) is 9.61. The standard InChI is InChI=1S/C25H24F3N3O2S/c1-13(2)23-22(34-24(30-23)16-5-7-17(8-6-16)25(26,27)28)10-9-19-18-11-14(3)20(29-15(4)32)12-21(18)33-31-19/h5-8,11-13H,9-10H2,1-4H3,(H,29,32). The molecule has 1 N–H and O–H groups in total. The molecule has 0 aliphatic carbocycles. The number of benzene rings is 2. The van der Waals surface area contributed by atoms with Crippen LogP contribution in [-0.4, -0.2) is 16.0 Å². The molecule has 4 aromatic rings. The van der Waals surface area contributed by atoms with E-state index in [1.165, 1.54) is 30.4 Å². The SMILES string of the molecule is CC(=O)Nc1cc2onc(CCc3sc(-c4ccc(C(F)(F)F)cc4)nc3C(C)C)c2cc1C. The fourth-order valence-electron chi connectivity index (χ4n) is 3.80. The Kier molecular flexibility index (Phi) is 6.49. The number of aryl methyl sites for hydroxylation is 3. The van der Waals surface area contributed by atoms with Crippen molar-refractivity contribution < 1.29 is 22.5 Å². The largest absolute Gasteiger partial charge is 0.416 e. The number of hydrogen-bond donors (Lipinski definition) is 1. The van der Waals surface area contributed by atoms with E-state index in [1.807, 2.05) is 26.8 Å². The average Bonchev–Trinajstić information content (AvgIpc) is 3.36. The van der Waals surface area contributed by atoms with Crippen molar-refractivity contribution in [2.45, 2.75) is 52.6 Å². The Balaban J connectivity index is 1.58. The minimum Gasteiger partial charge on any atom is -0.356 e. The number of carbonyl (C=O) groups is 1. The molecule has 0 aliphatic heterocycles. The third kappa shape index (κ3) is 4.99. The molecule has 34 heavy (non-hydrogen) atoms. The second-order valence-electron chi connectivity index (χ2n) is 8.53. The van der Waals surface area contributed by atoms with Crippen LogP contribution in [0.5, 0.6) is 0 Å². The van der Waals surface area contributed by atoms with Gasteiger partial charge in [0.2, 0.25) is 5.91 Å². The van der Waals surface area contributed by atoms with Gasteiger partial charge in [-0.3, -0.25) is 4.79 Å². The highest BCUT2D eigenvalue weighted by atomic mass is 32.1. The van der Waals surface area contributed by atoms with Crippen LogP contribution in [-0.2, 0) is 23.8 Å². The van der Waals surface area contributed by atoms with Crippen LogP contribution < -0.4 is 5.32 Å². The Morgan fingerprint density at radius 2 is 1.85 bits per heavy atom. The lowest BCUT2D eigenvalue weighted by Crippen LogP contribution is -2.06. The van der Waals surface area contributed by atoms with Crippen LogP contribution in [0.15, 0.2) is 40.9 Å². The summed E-state index contributed by atoms with van der Waals surface area (Å²) in [5, 5.41) is 8.62. The maximum Gasteiger partial charge on any atom is 0.416 e. The highest BCUT2D eigenvalue weighted by Crippen LogP contribution is 2.35. The lowest BCUT2D eigenvalue weighted by Gasteiger charge is -2.06. The summed E-state index contributed by atoms with van der Waals surface area (Å²) < 4.78 is 44.2. The van der Waals surface area contributed by atoms with Crippen LogP contribution in [0.1, 0.15) is 54.1 Å². The fraction of sp³-hybridized carbons (Fsp3) is 0.320. The van der Waals surface area contributed by atoms with E-state index in [4.69, 9.17) is 9.51 Å². The van der Waals surface area contributed by atoms with Gasteiger partial charge in [-0.15, -0.1) is 11.3 Å². The van der Waals surface area contributed by atoms with E-state index in [2.05, 4.69) is 10.5 Å². The zero-order valence-electron chi connectivity index (χ0n) is 19.2. The van der Waals surface area contributed by atoms with Crippen LogP contribution >= 0.6 is 11.3 Å². The Bertz CT molecular complexity index is 1340. The lowest BCUT2D eigenvalue weighted by molar-refractivity contribution is -0.137. The Morgan fingerprint density at radius 1 is 1.15 bits per heavy atom. The number of aromatic nitrogens is 2. The smallest absolute Gasteiger partial charge is 0.356 e. The number of anilines is 1. The van der Waals surface area contributed by atoms with Crippen molar-refractivity contribution in [3.63, 3.8) is 0 Å². The van der Waals surface area contributed by atoms with Crippen LogP contribution in [0.2, 0.25) is 0 Å². The highest BCUT2D eigenvalue weighted by Gasteiger charge is 2.30. The third-order valence-electron chi connectivity index (χ3n) is 5.52. The van der Waals surface area contributed by atoms with E-state index < -0.39 is 11.7 Å². The molecule has 1 amide bonds. The monoisotopic (exact) mass is 487 g/mol. The van der Waals surface area contributed by atoms with Crippen LogP contribution in [0.25, 0.3) is 21.5 Å². The predicted molar refractivity (Wildman–Crippen MR) is 127 cm³/mol. The number of hydrogen-bond acceptors (Lipinski definition) is 5. The van der Waals surface area contributed by atoms with Crippen molar-refractivity contribution in [1.29, 1.82) is 0 Å². The van der Waals surface area contributed by atoms with Gasteiger partial charge < -0.3 is 9.84 Å². The van der Waals surface area contributed by atoms with Gasteiger partial charge in [0.15, 0.2) is 5.58 Å². The molecule has 178 valence electrons. The van der Waals surface area contributed by atoms with E-state index in [9.17, 15) is 18.0 Å². The normalized spacial score (nSPS) is 12.0. The van der Waals surface area contributed by atoms with Crippen molar-refractivity contribution in [3.8, 4) is 10.6 Å². The lowest BCUT2D eigenvalue weighted by atomic mass is 10.0. The molecule has 0 unspecified atom stereocenters. The summed E-state index contributed by atoms with van der Waals surface area (Å²) in [6.07, 6.45) is -3.06. The number of amides is 1. The number of fused-ring (bicyclic) bond motifs is 1. The summed E-state index contributed by atoms with van der Waals surface area (Å²) in [4.78, 5) is 17.2. The fourth-order valence-corrected chi connectivity index (χ4v) is 5.02. The number of carbonyl (C=O) groups excluding carboxylic acids is 1. The van der Waals surface area contributed by atoms with E-state index in [0.717, 1.165) is 39.3 Å². The van der Waals surface area contributed by atoms with Crippen LogP contribution in [0, 0.1) is 6.92 Å². The van der Waals surface area contributed by atoms with Gasteiger partial charge in [-0.1, -0.05) is 31.1 Å². The molecule has 4 rings (SSSR count). The van der Waals surface area contributed by atoms with Crippen molar-refractivity contribution in [1.82, 2.24) is 10.1 Å². The van der Waals surface area contributed by atoms with Crippen molar-refractivity contribution in [3.05, 3.63) is 63.8 Å². The molecule has 0 radical (unpaired) electrons. The summed E-state index contributed by atoms with van der Waals surface area (Å²) in [5.41, 5.74) is 3.95. The second kappa shape index (κ2) is 9.21. The average molecular weight is 488 g/mol. The molecule has 0 saturated carbocycles. The first-order valence-corrected chi connectivity index (χ1v) is 11.7. The first kappa shape index (κ1) is 23.9. The Labute approximate surface area is 199 Å². The van der Waals surface area contributed by atoms with Gasteiger partial charge in [-0.05, 0) is 49.4 Å². The number of nitrogens with one attached hydrogen (secondary N) is 1. The Hall–Kier alpha value is -3.20. The number of alkyl halides is 3. The zero-order chi connectivity index (χ0) is 24.6. The van der Waals surface area contributed by atoms with E-state index in [1.54, 1.807) is 6.07 Å². The highest BCUT2D eigenvalue weighted by molar-refractivity contribution is 7.15. The first-order valence-electron chi connectivity index (χ1n) is 10.9. The predicted octanol–water partition coefficient (Wildman–Crippen LogP) is 7.15. The summed E-state index contributed by atoms with van der Waals surface area (Å²) in [7, 11) is 0. The molecule has 0 bridgehead atoms. The van der Waals surface area contributed by atoms with Gasteiger partial charge in [-0.2, -0.15) is 13.2 Å². The maximum atomic E-state index is 12.9. The molecule has 0 atom stereocenters. The van der Waals surface area contributed by atoms with E-state index in [-0.39, 0.29) is 11.8 Å². The molecule has 0 aliphatic rings. The molecule has 2 aromatic carbocycles. The van der Waals surface area contributed by atoms with Gasteiger partial charge >= 0.3 is 6.18 Å². The first-order chi connectivity index (χ1) is 16.0. The molecule has 2 heterocycles. The quantitative estimate of drug-likeness (QED) is 0.314. The molecule has 5 nitrogen and oxygen atoms in total. The summed E-state index contributed by atoms with van der Waals surface area (Å²) >= 11 is 1.50. The summed E-state index contributed by atoms with van der Waals surface area (Å²) in [5.74, 6) is 0.0170. The summed E-state index contributed by atoms with van der Waals surface area (Å²) in [6.45, 7) is 7.47. The van der Waals surface area contributed by atoms with Gasteiger partial charge in [0.05, 0.1) is 17.0 Å².